The third kappa shape index (κ3) is 13.7. The molecule has 4 nitrogen and oxygen atoms in total. The minimum absolute atomic E-state index is 0. The van der Waals surface area contributed by atoms with Crippen molar-refractivity contribution in [2.45, 2.75) is 33.2 Å². The van der Waals surface area contributed by atoms with Gasteiger partial charge in [-0.05, 0) is 27.7 Å². The molecule has 0 heterocycles. The summed E-state index contributed by atoms with van der Waals surface area (Å²) in [7, 11) is 0. The standard InChI is InChI=1S/C11H24N4.HI/c1-9(2)8-14-10(12)13-6-7-15-11(3,4)5;/h15H,1,6-8H2,2-5H3,(H3,12,13,14);1H. The Morgan fingerprint density at radius 2 is 1.88 bits per heavy atom. The number of guanidine groups is 1. The van der Waals surface area contributed by atoms with Gasteiger partial charge in [-0.25, -0.2) is 4.99 Å². The SMILES string of the molecule is C=C(C)CN=C(N)NCCNC(C)(C)C.I. The summed E-state index contributed by atoms with van der Waals surface area (Å²) < 4.78 is 0. The van der Waals surface area contributed by atoms with E-state index < -0.39 is 0 Å². The number of aliphatic imine (C=N–C) groups is 1. The Kier molecular flexibility index (Phi) is 9.95. The summed E-state index contributed by atoms with van der Waals surface area (Å²) in [5, 5.41) is 6.39. The fraction of sp³-hybridized carbons (Fsp3) is 0.727. The highest BCUT2D eigenvalue weighted by Gasteiger charge is 2.06. The molecule has 5 heteroatoms. The van der Waals surface area contributed by atoms with Crippen molar-refractivity contribution in [1.82, 2.24) is 10.6 Å². The Hall–Kier alpha value is -0.300. The van der Waals surface area contributed by atoms with Crippen molar-refractivity contribution in [3.8, 4) is 0 Å². The smallest absolute Gasteiger partial charge is 0.188 e. The van der Waals surface area contributed by atoms with E-state index in [-0.39, 0.29) is 29.5 Å². The molecule has 0 saturated heterocycles. The monoisotopic (exact) mass is 340 g/mol. The molecule has 0 aliphatic heterocycles. The normalized spacial score (nSPS) is 11.9. The van der Waals surface area contributed by atoms with Gasteiger partial charge < -0.3 is 16.4 Å². The van der Waals surface area contributed by atoms with Gasteiger partial charge in [0.2, 0.25) is 0 Å². The van der Waals surface area contributed by atoms with Gasteiger partial charge in [-0.1, -0.05) is 12.2 Å². The molecule has 0 fully saturated rings. The summed E-state index contributed by atoms with van der Waals surface area (Å²) in [5.41, 5.74) is 6.79. The predicted molar refractivity (Wildman–Crippen MR) is 82.5 cm³/mol. The lowest BCUT2D eigenvalue weighted by atomic mass is 10.1. The van der Waals surface area contributed by atoms with Gasteiger partial charge in [0.05, 0.1) is 6.54 Å². The van der Waals surface area contributed by atoms with Gasteiger partial charge in [0.1, 0.15) is 0 Å². The molecule has 0 aromatic carbocycles. The Morgan fingerprint density at radius 3 is 2.31 bits per heavy atom. The molecule has 0 bridgehead atoms. The average Bonchev–Trinajstić information content (AvgIpc) is 2.07. The molecular weight excluding hydrogens is 315 g/mol. The first-order valence-electron chi connectivity index (χ1n) is 5.24. The molecule has 0 rings (SSSR count). The van der Waals surface area contributed by atoms with E-state index in [9.17, 15) is 0 Å². The lowest BCUT2D eigenvalue weighted by Gasteiger charge is -2.20. The van der Waals surface area contributed by atoms with E-state index >= 15 is 0 Å². The van der Waals surface area contributed by atoms with Crippen LogP contribution in [0.3, 0.4) is 0 Å². The fourth-order valence-electron chi connectivity index (χ4n) is 0.904. The first kappa shape index (κ1) is 18.1. The predicted octanol–water partition coefficient (Wildman–Crippen LogP) is 1.47. The molecule has 0 aliphatic carbocycles. The third-order valence-electron chi connectivity index (χ3n) is 1.61. The zero-order valence-electron chi connectivity index (χ0n) is 10.8. The van der Waals surface area contributed by atoms with E-state index in [1.165, 1.54) is 0 Å². The molecular formula is C11H25IN4. The molecule has 4 N–H and O–H groups in total. The number of rotatable bonds is 5. The van der Waals surface area contributed by atoms with Crippen molar-refractivity contribution < 1.29 is 0 Å². The van der Waals surface area contributed by atoms with Gasteiger partial charge >= 0.3 is 0 Å². The summed E-state index contributed by atoms with van der Waals surface area (Å²) in [6.45, 7) is 14.3. The van der Waals surface area contributed by atoms with Crippen LogP contribution in [0.1, 0.15) is 27.7 Å². The third-order valence-corrected chi connectivity index (χ3v) is 1.61. The second-order valence-electron chi connectivity index (χ2n) is 4.76. The summed E-state index contributed by atoms with van der Waals surface area (Å²) in [6.07, 6.45) is 0. The first-order chi connectivity index (χ1) is 6.81. The van der Waals surface area contributed by atoms with E-state index in [1.807, 2.05) is 6.92 Å². The Labute approximate surface area is 116 Å². The van der Waals surface area contributed by atoms with Crippen LogP contribution in [0.4, 0.5) is 0 Å². The second kappa shape index (κ2) is 8.81. The molecule has 0 unspecified atom stereocenters. The fourth-order valence-corrected chi connectivity index (χ4v) is 0.904. The van der Waals surface area contributed by atoms with Crippen LogP contribution in [0.25, 0.3) is 0 Å². The van der Waals surface area contributed by atoms with Crippen LogP contribution in [0.15, 0.2) is 17.1 Å². The lowest BCUT2D eigenvalue weighted by molar-refractivity contribution is 0.428. The van der Waals surface area contributed by atoms with E-state index in [2.05, 4.69) is 43.0 Å². The summed E-state index contributed by atoms with van der Waals surface area (Å²) in [6, 6.07) is 0. The highest BCUT2D eigenvalue weighted by Crippen LogP contribution is 1.96. The van der Waals surface area contributed by atoms with Crippen LogP contribution in [-0.4, -0.2) is 31.1 Å². The van der Waals surface area contributed by atoms with Crippen LogP contribution < -0.4 is 16.4 Å². The van der Waals surface area contributed by atoms with Crippen LogP contribution >= 0.6 is 24.0 Å². The van der Waals surface area contributed by atoms with Crippen molar-refractivity contribution in [3.63, 3.8) is 0 Å². The molecule has 96 valence electrons. The number of nitrogens with one attached hydrogen (secondary N) is 2. The van der Waals surface area contributed by atoms with Crippen LogP contribution in [0.5, 0.6) is 0 Å². The Morgan fingerprint density at radius 1 is 1.31 bits per heavy atom. The number of halogens is 1. The van der Waals surface area contributed by atoms with Crippen molar-refractivity contribution in [2.24, 2.45) is 10.7 Å². The van der Waals surface area contributed by atoms with E-state index in [1.54, 1.807) is 0 Å². The second-order valence-corrected chi connectivity index (χ2v) is 4.76. The summed E-state index contributed by atoms with van der Waals surface area (Å²) in [4.78, 5) is 4.11. The van der Waals surface area contributed by atoms with Crippen LogP contribution in [-0.2, 0) is 0 Å². The summed E-state index contributed by atoms with van der Waals surface area (Å²) >= 11 is 0. The van der Waals surface area contributed by atoms with Crippen molar-refractivity contribution in [3.05, 3.63) is 12.2 Å². The maximum absolute atomic E-state index is 5.64. The number of nitrogens with zero attached hydrogens (tertiary/aromatic N) is 1. The number of hydrogen-bond acceptors (Lipinski definition) is 2. The maximum Gasteiger partial charge on any atom is 0.188 e. The first-order valence-corrected chi connectivity index (χ1v) is 5.24. The van der Waals surface area contributed by atoms with Crippen molar-refractivity contribution in [2.75, 3.05) is 19.6 Å². The lowest BCUT2D eigenvalue weighted by Crippen LogP contribution is -2.43. The van der Waals surface area contributed by atoms with Crippen molar-refractivity contribution in [1.29, 1.82) is 0 Å². The minimum Gasteiger partial charge on any atom is -0.370 e. The van der Waals surface area contributed by atoms with Crippen molar-refractivity contribution >= 4 is 29.9 Å². The Balaban J connectivity index is 0. The van der Waals surface area contributed by atoms with Gasteiger partial charge in [0.15, 0.2) is 5.96 Å². The van der Waals surface area contributed by atoms with Gasteiger partial charge in [-0.2, -0.15) is 0 Å². The zero-order chi connectivity index (χ0) is 11.9. The molecule has 0 aromatic heterocycles. The molecule has 0 atom stereocenters. The maximum atomic E-state index is 5.64. The molecule has 0 aromatic rings. The molecule has 0 aliphatic rings. The average molecular weight is 340 g/mol. The number of nitrogens with two attached hydrogens (primary N) is 1. The van der Waals surface area contributed by atoms with Gasteiger partial charge in [0.25, 0.3) is 0 Å². The largest absolute Gasteiger partial charge is 0.370 e. The molecule has 0 radical (unpaired) electrons. The summed E-state index contributed by atoms with van der Waals surface area (Å²) in [5.74, 6) is 0.480. The zero-order valence-corrected chi connectivity index (χ0v) is 13.1. The van der Waals surface area contributed by atoms with Gasteiger partial charge in [-0.15, -0.1) is 24.0 Å². The topological polar surface area (TPSA) is 62.4 Å². The highest BCUT2D eigenvalue weighted by atomic mass is 127. The van der Waals surface area contributed by atoms with E-state index in [0.29, 0.717) is 12.5 Å². The Bertz CT molecular complexity index is 231. The molecule has 16 heavy (non-hydrogen) atoms. The minimum atomic E-state index is 0. The van der Waals surface area contributed by atoms with Gasteiger partial charge in [-0.3, -0.25) is 0 Å². The van der Waals surface area contributed by atoms with Crippen LogP contribution in [0.2, 0.25) is 0 Å². The quantitative estimate of drug-likeness (QED) is 0.234. The number of hydrogen-bond donors (Lipinski definition) is 3. The highest BCUT2D eigenvalue weighted by molar-refractivity contribution is 14.0. The van der Waals surface area contributed by atoms with Crippen LogP contribution in [0, 0.1) is 0 Å². The van der Waals surface area contributed by atoms with Gasteiger partial charge in [0, 0.05) is 18.6 Å². The van der Waals surface area contributed by atoms with E-state index in [0.717, 1.165) is 18.7 Å². The van der Waals surface area contributed by atoms with E-state index in [4.69, 9.17) is 5.73 Å². The molecule has 0 amide bonds. The molecule has 0 spiro atoms. The molecule has 0 saturated carbocycles.